The summed E-state index contributed by atoms with van der Waals surface area (Å²) in [5, 5.41) is 3.16. The zero-order chi connectivity index (χ0) is 23.6. The molecule has 0 saturated carbocycles. The highest BCUT2D eigenvalue weighted by Gasteiger charge is 2.40. The van der Waals surface area contributed by atoms with Crippen LogP contribution in [0.5, 0.6) is 0 Å². The van der Waals surface area contributed by atoms with E-state index >= 15 is 0 Å². The molecule has 0 saturated heterocycles. The van der Waals surface area contributed by atoms with Crippen LogP contribution in [0.25, 0.3) is 0 Å². The van der Waals surface area contributed by atoms with Gasteiger partial charge in [0.05, 0.1) is 23.4 Å². The lowest BCUT2D eigenvalue weighted by Crippen LogP contribution is -2.34. The highest BCUT2D eigenvalue weighted by atomic mass is 19.1. The smallest absolute Gasteiger partial charge is 0.313 e. The molecule has 2 aliphatic heterocycles. The number of esters is 1. The summed E-state index contributed by atoms with van der Waals surface area (Å²) >= 11 is 0. The molecule has 1 aromatic heterocycles. The minimum Gasteiger partial charge on any atom is -0.466 e. The molecule has 1 N–H and O–H groups in total. The maximum atomic E-state index is 13.6. The number of rotatable bonds is 7. The second-order valence-corrected chi connectivity index (χ2v) is 8.58. The van der Waals surface area contributed by atoms with Gasteiger partial charge in [0.25, 0.3) is 0 Å². The number of aliphatic imine (C=N–C) groups is 2. The van der Waals surface area contributed by atoms with E-state index in [1.165, 1.54) is 12.1 Å². The summed E-state index contributed by atoms with van der Waals surface area (Å²) < 4.78 is 18.7. The van der Waals surface area contributed by atoms with Gasteiger partial charge in [0.2, 0.25) is 5.95 Å². The number of aromatic nitrogens is 2. The summed E-state index contributed by atoms with van der Waals surface area (Å²) in [6, 6.07) is 7.65. The maximum Gasteiger partial charge on any atom is 0.313 e. The zero-order valence-electron chi connectivity index (χ0n) is 19.1. The monoisotopic (exact) mass is 450 g/mol. The molecule has 0 bridgehead atoms. The number of carbonyl (C=O) groups is 1. The number of hydrogen-bond donors (Lipinski definition) is 1. The standard InChI is InChI=1S/C24H27FN6O2/c1-5-33-22(32)24(3,4)14-28-23-27-11-10-18(29-23)20-19(16-6-8-17(25)9-7-16)30-21-15(2)26-12-13-31(20)21/h6-13,19-20H,5,14H2,1-4H3,(H,27,28,29). The van der Waals surface area contributed by atoms with Crippen molar-refractivity contribution in [1.29, 1.82) is 0 Å². The van der Waals surface area contributed by atoms with E-state index in [1.54, 1.807) is 31.5 Å². The van der Waals surface area contributed by atoms with Crippen molar-refractivity contribution in [1.82, 2.24) is 14.9 Å². The molecular formula is C24H27FN6O2. The van der Waals surface area contributed by atoms with Gasteiger partial charge in [0.1, 0.15) is 17.9 Å². The number of benzene rings is 1. The largest absolute Gasteiger partial charge is 0.466 e. The first-order valence-corrected chi connectivity index (χ1v) is 10.9. The Bertz CT molecular complexity index is 1130. The molecule has 2 atom stereocenters. The lowest BCUT2D eigenvalue weighted by Gasteiger charge is -2.28. The number of nitrogens with one attached hydrogen (secondary N) is 1. The topological polar surface area (TPSA) is 92.1 Å². The van der Waals surface area contributed by atoms with E-state index in [4.69, 9.17) is 14.7 Å². The quantitative estimate of drug-likeness (QED) is 0.640. The van der Waals surface area contributed by atoms with Gasteiger partial charge in [-0.15, -0.1) is 0 Å². The normalized spacial score (nSPS) is 19.6. The van der Waals surface area contributed by atoms with Crippen molar-refractivity contribution in [2.75, 3.05) is 18.5 Å². The van der Waals surface area contributed by atoms with Gasteiger partial charge in [-0.3, -0.25) is 14.8 Å². The number of carbonyl (C=O) groups excluding carboxylic acids is 1. The van der Waals surface area contributed by atoms with Gasteiger partial charge in [-0.1, -0.05) is 12.1 Å². The van der Waals surface area contributed by atoms with E-state index in [1.807, 2.05) is 37.9 Å². The molecule has 2 aliphatic rings. The van der Waals surface area contributed by atoms with E-state index in [2.05, 4.69) is 15.3 Å². The number of hydrogen-bond acceptors (Lipinski definition) is 8. The summed E-state index contributed by atoms with van der Waals surface area (Å²) in [4.78, 5) is 32.6. The van der Waals surface area contributed by atoms with Crippen molar-refractivity contribution in [3.8, 4) is 0 Å². The van der Waals surface area contributed by atoms with E-state index in [9.17, 15) is 9.18 Å². The summed E-state index contributed by atoms with van der Waals surface area (Å²) in [5.74, 6) is 0.581. The molecule has 172 valence electrons. The van der Waals surface area contributed by atoms with Crippen LogP contribution in [0.4, 0.5) is 10.3 Å². The molecule has 0 aliphatic carbocycles. The van der Waals surface area contributed by atoms with Crippen molar-refractivity contribution < 1.29 is 13.9 Å². The van der Waals surface area contributed by atoms with Crippen molar-refractivity contribution >= 4 is 23.5 Å². The van der Waals surface area contributed by atoms with Crippen LogP contribution in [0.2, 0.25) is 0 Å². The fourth-order valence-corrected chi connectivity index (χ4v) is 3.81. The lowest BCUT2D eigenvalue weighted by atomic mass is 9.94. The van der Waals surface area contributed by atoms with Gasteiger partial charge in [-0.05, 0) is 51.5 Å². The number of ether oxygens (including phenoxy) is 1. The molecular weight excluding hydrogens is 423 g/mol. The molecule has 0 amide bonds. The predicted octanol–water partition coefficient (Wildman–Crippen LogP) is 4.06. The Morgan fingerprint density at radius 3 is 2.73 bits per heavy atom. The van der Waals surface area contributed by atoms with Gasteiger partial charge in [0, 0.05) is 25.1 Å². The van der Waals surface area contributed by atoms with Crippen molar-refractivity contribution in [2.45, 2.75) is 39.8 Å². The molecule has 0 fully saturated rings. The number of anilines is 1. The third-order valence-corrected chi connectivity index (χ3v) is 5.63. The Balaban J connectivity index is 1.62. The molecule has 3 heterocycles. The predicted molar refractivity (Wildman–Crippen MR) is 124 cm³/mol. The Hall–Kier alpha value is -3.62. The molecule has 0 radical (unpaired) electrons. The lowest BCUT2D eigenvalue weighted by molar-refractivity contribution is -0.152. The first-order valence-electron chi connectivity index (χ1n) is 10.9. The Morgan fingerprint density at radius 2 is 2.00 bits per heavy atom. The van der Waals surface area contributed by atoms with Crippen molar-refractivity contribution in [2.24, 2.45) is 15.4 Å². The maximum absolute atomic E-state index is 13.6. The van der Waals surface area contributed by atoms with E-state index in [-0.39, 0.29) is 23.9 Å². The summed E-state index contributed by atoms with van der Waals surface area (Å²) in [7, 11) is 0. The van der Waals surface area contributed by atoms with Crippen molar-refractivity contribution in [3.05, 3.63) is 66.0 Å². The fourth-order valence-electron chi connectivity index (χ4n) is 3.81. The SMILES string of the molecule is CCOC(=O)C(C)(C)CNc1nccc(C2C(c3ccc(F)cc3)N=C3C(C)=NC=CN32)n1. The van der Waals surface area contributed by atoms with Crippen LogP contribution in [0.3, 0.4) is 0 Å². The molecule has 2 unspecified atom stereocenters. The molecule has 2 aromatic rings. The van der Waals surface area contributed by atoms with Crippen LogP contribution < -0.4 is 5.32 Å². The average Bonchev–Trinajstić information content (AvgIpc) is 3.19. The third kappa shape index (κ3) is 4.62. The molecule has 4 rings (SSSR count). The highest BCUT2D eigenvalue weighted by Crippen LogP contribution is 2.42. The van der Waals surface area contributed by atoms with Crippen LogP contribution in [0.1, 0.15) is 51.0 Å². The van der Waals surface area contributed by atoms with E-state index in [0.29, 0.717) is 19.1 Å². The third-order valence-electron chi connectivity index (χ3n) is 5.63. The van der Waals surface area contributed by atoms with Crippen molar-refractivity contribution in [3.63, 3.8) is 0 Å². The minimum absolute atomic E-state index is 0.256. The van der Waals surface area contributed by atoms with Gasteiger partial charge in [-0.2, -0.15) is 0 Å². The van der Waals surface area contributed by atoms with Gasteiger partial charge in [-0.25, -0.2) is 14.4 Å². The minimum atomic E-state index is -0.737. The number of fused-ring (bicyclic) bond motifs is 1. The molecule has 8 nitrogen and oxygen atoms in total. The second-order valence-electron chi connectivity index (χ2n) is 8.58. The summed E-state index contributed by atoms with van der Waals surface area (Å²) in [6.45, 7) is 7.96. The molecule has 0 spiro atoms. The first kappa shape index (κ1) is 22.6. The van der Waals surface area contributed by atoms with Crippen LogP contribution in [-0.4, -0.2) is 45.5 Å². The van der Waals surface area contributed by atoms with Crippen LogP contribution in [-0.2, 0) is 9.53 Å². The first-order chi connectivity index (χ1) is 15.8. The Kier molecular flexibility index (Phi) is 6.22. The summed E-state index contributed by atoms with van der Waals surface area (Å²) in [5.41, 5.74) is 1.68. The van der Waals surface area contributed by atoms with Crippen LogP contribution in [0, 0.1) is 11.2 Å². The molecule has 9 heteroatoms. The van der Waals surface area contributed by atoms with E-state index < -0.39 is 5.41 Å². The summed E-state index contributed by atoms with van der Waals surface area (Å²) in [6.07, 6.45) is 5.28. The molecule has 33 heavy (non-hydrogen) atoms. The molecule has 1 aromatic carbocycles. The van der Waals surface area contributed by atoms with Gasteiger partial charge in [0.15, 0.2) is 5.84 Å². The number of nitrogens with zero attached hydrogens (tertiary/aromatic N) is 5. The highest BCUT2D eigenvalue weighted by molar-refractivity contribution is 6.41. The van der Waals surface area contributed by atoms with Crippen LogP contribution >= 0.6 is 0 Å². The zero-order valence-corrected chi connectivity index (χ0v) is 19.1. The number of amidine groups is 1. The number of halogens is 1. The average molecular weight is 451 g/mol. The van der Waals surface area contributed by atoms with Gasteiger partial charge >= 0.3 is 5.97 Å². The Labute approximate surface area is 192 Å². The second kappa shape index (κ2) is 9.09. The fraction of sp³-hybridized carbons (Fsp3) is 0.375. The van der Waals surface area contributed by atoms with Gasteiger partial charge < -0.3 is 15.0 Å². The van der Waals surface area contributed by atoms with E-state index in [0.717, 1.165) is 22.8 Å². The van der Waals surface area contributed by atoms with Crippen LogP contribution in [0.15, 0.2) is 58.9 Å². The Morgan fingerprint density at radius 1 is 1.24 bits per heavy atom.